The Labute approximate surface area is 139 Å². The van der Waals surface area contributed by atoms with Crippen molar-refractivity contribution < 1.29 is 18.3 Å². The maximum absolute atomic E-state index is 13.4. The largest absolute Gasteiger partial charge is 0.433 e. The fourth-order valence-electron chi connectivity index (χ4n) is 2.13. The van der Waals surface area contributed by atoms with E-state index in [9.17, 15) is 18.3 Å². The van der Waals surface area contributed by atoms with Crippen molar-refractivity contribution in [1.29, 1.82) is 0 Å². The van der Waals surface area contributed by atoms with Crippen LogP contribution in [0.3, 0.4) is 0 Å². The summed E-state index contributed by atoms with van der Waals surface area (Å²) < 4.78 is 40.3. The molecule has 0 saturated carbocycles. The van der Waals surface area contributed by atoms with Crippen molar-refractivity contribution in [2.75, 3.05) is 5.32 Å². The molecule has 5 heteroatoms. The Balaban J connectivity index is 2.40. The van der Waals surface area contributed by atoms with Gasteiger partial charge in [-0.2, -0.15) is 13.2 Å². The summed E-state index contributed by atoms with van der Waals surface area (Å²) >= 11 is 0. The number of rotatable bonds is 3. The van der Waals surface area contributed by atoms with Crippen molar-refractivity contribution in [2.45, 2.75) is 31.7 Å². The molecule has 1 atom stereocenters. The Morgan fingerprint density at radius 1 is 0.958 bits per heavy atom. The van der Waals surface area contributed by atoms with Gasteiger partial charge in [0, 0.05) is 22.9 Å². The number of benzene rings is 2. The van der Waals surface area contributed by atoms with Crippen LogP contribution in [0.4, 0.5) is 18.9 Å². The Bertz CT molecular complexity index is 727. The minimum Gasteiger partial charge on any atom is -0.383 e. The van der Waals surface area contributed by atoms with Gasteiger partial charge >= 0.3 is 6.18 Å². The average Bonchev–Trinajstić information content (AvgIpc) is 2.52. The summed E-state index contributed by atoms with van der Waals surface area (Å²) in [6.45, 7) is 3.84. The number of aliphatic hydroxyl groups is 1. The van der Waals surface area contributed by atoms with E-state index in [0.717, 1.165) is 0 Å². The van der Waals surface area contributed by atoms with Gasteiger partial charge in [0.2, 0.25) is 5.60 Å². The van der Waals surface area contributed by atoms with E-state index in [2.05, 4.69) is 11.2 Å². The van der Waals surface area contributed by atoms with Gasteiger partial charge in [-0.25, -0.2) is 0 Å². The van der Waals surface area contributed by atoms with E-state index >= 15 is 0 Å². The molecule has 2 aromatic rings. The third kappa shape index (κ3) is 4.09. The first-order valence-electron chi connectivity index (χ1n) is 7.47. The normalized spacial score (nSPS) is 13.8. The molecule has 0 spiro atoms. The van der Waals surface area contributed by atoms with Gasteiger partial charge < -0.3 is 10.4 Å². The van der Waals surface area contributed by atoms with Gasteiger partial charge in [0.05, 0.1) is 0 Å². The Hall–Kier alpha value is -2.45. The summed E-state index contributed by atoms with van der Waals surface area (Å²) in [6, 6.07) is 13.9. The average molecular weight is 333 g/mol. The van der Waals surface area contributed by atoms with Gasteiger partial charge in [-0.05, 0) is 44.0 Å². The highest BCUT2D eigenvalue weighted by molar-refractivity contribution is 5.49. The molecule has 0 radical (unpaired) electrons. The molecule has 0 heterocycles. The number of nitrogens with one attached hydrogen (secondary N) is 1. The number of hydrogen-bond donors (Lipinski definition) is 2. The lowest BCUT2D eigenvalue weighted by molar-refractivity contribution is -0.240. The first kappa shape index (κ1) is 17.9. The van der Waals surface area contributed by atoms with E-state index in [4.69, 9.17) is 0 Å². The third-order valence-corrected chi connectivity index (χ3v) is 3.33. The number of halogens is 3. The fourth-order valence-corrected chi connectivity index (χ4v) is 2.13. The topological polar surface area (TPSA) is 32.3 Å². The van der Waals surface area contributed by atoms with Crippen molar-refractivity contribution in [3.8, 4) is 11.8 Å². The lowest BCUT2D eigenvalue weighted by atomic mass is 9.93. The molecule has 0 aliphatic carbocycles. The fraction of sp³-hybridized carbons (Fsp3) is 0.263. The van der Waals surface area contributed by atoms with Crippen LogP contribution < -0.4 is 5.32 Å². The van der Waals surface area contributed by atoms with E-state index in [-0.39, 0.29) is 11.6 Å². The summed E-state index contributed by atoms with van der Waals surface area (Å²) in [4.78, 5) is 0. The van der Waals surface area contributed by atoms with E-state index in [1.807, 2.05) is 19.8 Å². The summed E-state index contributed by atoms with van der Waals surface area (Å²) in [7, 11) is 0. The van der Waals surface area contributed by atoms with E-state index in [1.165, 1.54) is 24.3 Å². The molecule has 0 saturated heterocycles. The molecule has 126 valence electrons. The molecule has 2 nitrogen and oxygen atoms in total. The molecule has 0 amide bonds. The molecule has 2 N–H and O–H groups in total. The van der Waals surface area contributed by atoms with Crippen molar-refractivity contribution in [3.05, 3.63) is 65.7 Å². The highest BCUT2D eigenvalue weighted by Gasteiger charge is 2.54. The van der Waals surface area contributed by atoms with Crippen LogP contribution >= 0.6 is 0 Å². The first-order valence-corrected chi connectivity index (χ1v) is 7.47. The van der Waals surface area contributed by atoms with Gasteiger partial charge in [0.25, 0.3) is 0 Å². The Morgan fingerprint density at radius 3 is 2.04 bits per heavy atom. The second-order valence-corrected chi connectivity index (χ2v) is 5.70. The zero-order valence-electron chi connectivity index (χ0n) is 13.4. The summed E-state index contributed by atoms with van der Waals surface area (Å²) in [5, 5.41) is 13.3. The van der Waals surface area contributed by atoms with E-state index < -0.39 is 11.8 Å². The van der Waals surface area contributed by atoms with Crippen molar-refractivity contribution in [2.24, 2.45) is 0 Å². The van der Waals surface area contributed by atoms with Gasteiger partial charge in [-0.3, -0.25) is 0 Å². The molecular weight excluding hydrogens is 315 g/mol. The molecule has 2 rings (SSSR count). The number of hydrogen-bond acceptors (Lipinski definition) is 2. The molecule has 0 aliphatic heterocycles. The van der Waals surface area contributed by atoms with Crippen LogP contribution in [-0.2, 0) is 5.60 Å². The van der Waals surface area contributed by atoms with Crippen LogP contribution in [0.15, 0.2) is 54.6 Å². The van der Waals surface area contributed by atoms with E-state index in [0.29, 0.717) is 11.3 Å². The highest BCUT2D eigenvalue weighted by Crippen LogP contribution is 2.39. The zero-order valence-corrected chi connectivity index (χ0v) is 13.4. The second kappa shape index (κ2) is 6.98. The first-order chi connectivity index (χ1) is 11.2. The number of alkyl halides is 3. The molecule has 1 unspecified atom stereocenters. The maximum atomic E-state index is 13.4. The maximum Gasteiger partial charge on any atom is 0.433 e. The molecule has 24 heavy (non-hydrogen) atoms. The van der Waals surface area contributed by atoms with Gasteiger partial charge in [-0.1, -0.05) is 36.3 Å². The van der Waals surface area contributed by atoms with Crippen molar-refractivity contribution in [1.82, 2.24) is 0 Å². The zero-order chi connectivity index (χ0) is 17.8. The third-order valence-electron chi connectivity index (χ3n) is 3.33. The monoisotopic (exact) mass is 333 g/mol. The van der Waals surface area contributed by atoms with Gasteiger partial charge in [0.15, 0.2) is 0 Å². The van der Waals surface area contributed by atoms with E-state index in [1.54, 1.807) is 30.3 Å². The van der Waals surface area contributed by atoms with Crippen molar-refractivity contribution in [3.63, 3.8) is 0 Å². The number of anilines is 1. The molecule has 0 bridgehead atoms. The van der Waals surface area contributed by atoms with Crippen LogP contribution in [0.5, 0.6) is 0 Å². The quantitative estimate of drug-likeness (QED) is 0.821. The molecular formula is C19H18F3NO. The van der Waals surface area contributed by atoms with Crippen LogP contribution in [0, 0.1) is 11.8 Å². The summed E-state index contributed by atoms with van der Waals surface area (Å²) in [6.07, 6.45) is -4.91. The van der Waals surface area contributed by atoms with Crippen LogP contribution in [0.1, 0.15) is 25.0 Å². The SMILES string of the molecule is CC(C)Nc1ccc(C(O)(C#Cc2ccccc2)C(F)(F)F)cc1. The van der Waals surface area contributed by atoms with Gasteiger partial charge in [0.1, 0.15) is 0 Å². The van der Waals surface area contributed by atoms with Crippen molar-refractivity contribution >= 4 is 5.69 Å². The highest BCUT2D eigenvalue weighted by atomic mass is 19.4. The lowest BCUT2D eigenvalue weighted by Gasteiger charge is -2.26. The molecule has 2 aromatic carbocycles. The van der Waals surface area contributed by atoms with Crippen LogP contribution in [0.2, 0.25) is 0 Å². The Kier molecular flexibility index (Phi) is 5.20. The molecule has 0 aromatic heterocycles. The predicted octanol–water partition coefficient (Wildman–Crippen LogP) is 4.31. The van der Waals surface area contributed by atoms with Crippen LogP contribution in [0.25, 0.3) is 0 Å². The summed E-state index contributed by atoms with van der Waals surface area (Å²) in [5.74, 6) is 4.39. The predicted molar refractivity (Wildman–Crippen MR) is 88.5 cm³/mol. The molecule has 0 aliphatic rings. The van der Waals surface area contributed by atoms with Gasteiger partial charge in [-0.15, -0.1) is 0 Å². The second-order valence-electron chi connectivity index (χ2n) is 5.70. The lowest BCUT2D eigenvalue weighted by Crippen LogP contribution is -2.41. The Morgan fingerprint density at radius 2 is 1.54 bits per heavy atom. The molecule has 0 fully saturated rings. The minimum absolute atomic E-state index is 0.148. The van der Waals surface area contributed by atoms with Crippen LogP contribution in [-0.4, -0.2) is 17.3 Å². The minimum atomic E-state index is -4.91. The summed E-state index contributed by atoms with van der Waals surface area (Å²) in [5.41, 5.74) is -2.46. The smallest absolute Gasteiger partial charge is 0.383 e. The standard InChI is InChI=1S/C19H18F3NO/c1-14(2)23-17-10-8-16(9-11-17)18(24,19(20,21)22)13-12-15-6-4-3-5-7-15/h3-11,14,23-24H,1-2H3.